The van der Waals surface area contributed by atoms with Crippen LogP contribution in [-0.2, 0) is 17.4 Å². The minimum atomic E-state index is -4.52. The van der Waals surface area contributed by atoms with Gasteiger partial charge in [-0.15, -0.1) is 0 Å². The van der Waals surface area contributed by atoms with E-state index in [1.165, 1.54) is 24.1 Å². The first-order valence-electron chi connectivity index (χ1n) is 8.01. The number of anilines is 1. The van der Waals surface area contributed by atoms with Gasteiger partial charge in [-0.3, -0.25) is 4.79 Å². The highest BCUT2D eigenvalue weighted by Gasteiger charge is 2.31. The standard InChI is InChI=1S/C19H16F3N3O2/c1-27-17-6-3-2-5-13(17)11-18(26)24-15-12-14(19(20,21)22)7-8-16(15)25-10-4-9-23-25/h2-10,12H,11H2,1H3,(H,24,26). The Labute approximate surface area is 153 Å². The number of carbonyl (C=O) groups is 1. The van der Waals surface area contributed by atoms with Crippen molar-refractivity contribution in [1.82, 2.24) is 9.78 Å². The molecule has 0 fully saturated rings. The average molecular weight is 375 g/mol. The molecule has 1 heterocycles. The van der Waals surface area contributed by atoms with E-state index in [1.807, 2.05) is 0 Å². The second-order valence-corrected chi connectivity index (χ2v) is 5.72. The van der Waals surface area contributed by atoms with E-state index >= 15 is 0 Å². The van der Waals surface area contributed by atoms with Crippen molar-refractivity contribution in [3.05, 3.63) is 72.1 Å². The van der Waals surface area contributed by atoms with Crippen LogP contribution < -0.4 is 10.1 Å². The number of nitrogens with one attached hydrogen (secondary N) is 1. The maximum atomic E-state index is 13.1. The van der Waals surface area contributed by atoms with Crippen LogP contribution in [0.2, 0.25) is 0 Å². The molecule has 1 amide bonds. The van der Waals surface area contributed by atoms with Crippen molar-refractivity contribution in [3.8, 4) is 11.4 Å². The van der Waals surface area contributed by atoms with Crippen molar-refractivity contribution in [2.24, 2.45) is 0 Å². The van der Waals surface area contributed by atoms with Crippen molar-refractivity contribution < 1.29 is 22.7 Å². The number of benzene rings is 2. The number of aromatic nitrogens is 2. The van der Waals surface area contributed by atoms with Crippen LogP contribution in [0, 0.1) is 0 Å². The predicted octanol–water partition coefficient (Wildman–Crippen LogP) is 4.08. The molecule has 0 aliphatic rings. The van der Waals surface area contributed by atoms with Gasteiger partial charge in [0.2, 0.25) is 5.91 Å². The van der Waals surface area contributed by atoms with E-state index in [0.717, 1.165) is 12.1 Å². The molecule has 0 unspecified atom stereocenters. The first-order chi connectivity index (χ1) is 12.9. The summed E-state index contributed by atoms with van der Waals surface area (Å²) >= 11 is 0. The first-order valence-corrected chi connectivity index (χ1v) is 8.01. The number of hydrogen-bond donors (Lipinski definition) is 1. The molecule has 8 heteroatoms. The molecule has 0 atom stereocenters. The van der Waals surface area contributed by atoms with Crippen molar-refractivity contribution in [2.45, 2.75) is 12.6 Å². The molecule has 0 saturated heterocycles. The van der Waals surface area contributed by atoms with Gasteiger partial charge in [-0.2, -0.15) is 18.3 Å². The van der Waals surface area contributed by atoms with Crippen LogP contribution in [0.4, 0.5) is 18.9 Å². The highest BCUT2D eigenvalue weighted by molar-refractivity contribution is 5.94. The van der Waals surface area contributed by atoms with Crippen molar-refractivity contribution in [1.29, 1.82) is 0 Å². The lowest BCUT2D eigenvalue weighted by molar-refractivity contribution is -0.137. The zero-order valence-corrected chi connectivity index (χ0v) is 14.3. The Morgan fingerprint density at radius 1 is 1.19 bits per heavy atom. The molecule has 0 spiro atoms. The lowest BCUT2D eigenvalue weighted by Gasteiger charge is -2.15. The molecular formula is C19H16F3N3O2. The molecule has 0 saturated carbocycles. The average Bonchev–Trinajstić information content (AvgIpc) is 3.15. The number of hydrogen-bond acceptors (Lipinski definition) is 3. The monoisotopic (exact) mass is 375 g/mol. The molecule has 0 aliphatic heterocycles. The maximum Gasteiger partial charge on any atom is 0.416 e. The Morgan fingerprint density at radius 2 is 1.96 bits per heavy atom. The van der Waals surface area contributed by atoms with Crippen LogP contribution in [0.5, 0.6) is 5.75 Å². The highest BCUT2D eigenvalue weighted by Crippen LogP contribution is 2.33. The number of nitrogens with zero attached hydrogens (tertiary/aromatic N) is 2. The summed E-state index contributed by atoms with van der Waals surface area (Å²) in [5, 5.41) is 6.58. The first kappa shape index (κ1) is 18.5. The topological polar surface area (TPSA) is 56.1 Å². The largest absolute Gasteiger partial charge is 0.496 e. The van der Waals surface area contributed by atoms with Crippen molar-refractivity contribution in [3.63, 3.8) is 0 Å². The molecular weight excluding hydrogens is 359 g/mol. The van der Waals surface area contributed by atoms with E-state index in [0.29, 0.717) is 17.0 Å². The molecule has 1 N–H and O–H groups in total. The Kier molecular flexibility index (Phi) is 5.16. The highest BCUT2D eigenvalue weighted by atomic mass is 19.4. The maximum absolute atomic E-state index is 13.1. The molecule has 3 aromatic rings. The summed E-state index contributed by atoms with van der Waals surface area (Å²) in [5.41, 5.74) is 0.130. The van der Waals surface area contributed by atoms with Gasteiger partial charge in [-0.05, 0) is 30.3 Å². The summed E-state index contributed by atoms with van der Waals surface area (Å²) < 4.78 is 45.8. The Balaban J connectivity index is 1.91. The molecule has 0 bridgehead atoms. The molecule has 1 aromatic heterocycles. The third kappa shape index (κ3) is 4.28. The molecule has 2 aromatic carbocycles. The van der Waals surface area contributed by atoms with Crippen molar-refractivity contribution in [2.75, 3.05) is 12.4 Å². The summed E-state index contributed by atoms with van der Waals surface area (Å²) in [6.07, 6.45) is -1.49. The van der Waals surface area contributed by atoms with Crippen LogP contribution in [-0.4, -0.2) is 22.8 Å². The number of rotatable bonds is 5. The van der Waals surface area contributed by atoms with E-state index in [9.17, 15) is 18.0 Å². The minimum absolute atomic E-state index is 0.0217. The third-order valence-electron chi connectivity index (χ3n) is 3.89. The van der Waals surface area contributed by atoms with Gasteiger partial charge in [0.05, 0.1) is 30.5 Å². The molecule has 5 nitrogen and oxygen atoms in total. The number of alkyl halides is 3. The Bertz CT molecular complexity index is 938. The van der Waals surface area contributed by atoms with E-state index in [4.69, 9.17) is 4.74 Å². The van der Waals surface area contributed by atoms with Crippen LogP contribution in [0.25, 0.3) is 5.69 Å². The zero-order chi connectivity index (χ0) is 19.4. The van der Waals surface area contributed by atoms with E-state index in [2.05, 4.69) is 10.4 Å². The zero-order valence-electron chi connectivity index (χ0n) is 14.3. The number of carbonyl (C=O) groups excluding carboxylic acids is 1. The fraction of sp³-hybridized carbons (Fsp3) is 0.158. The molecule has 3 rings (SSSR count). The van der Waals surface area contributed by atoms with Gasteiger partial charge in [0, 0.05) is 18.0 Å². The van der Waals surface area contributed by atoms with Gasteiger partial charge >= 0.3 is 6.18 Å². The van der Waals surface area contributed by atoms with Crippen LogP contribution in [0.1, 0.15) is 11.1 Å². The number of methoxy groups -OCH3 is 1. The van der Waals surface area contributed by atoms with Gasteiger partial charge in [0.1, 0.15) is 5.75 Å². The SMILES string of the molecule is COc1ccccc1CC(=O)Nc1cc(C(F)(F)F)ccc1-n1cccn1. The molecule has 27 heavy (non-hydrogen) atoms. The fourth-order valence-corrected chi connectivity index (χ4v) is 2.64. The number of halogens is 3. The van der Waals surface area contributed by atoms with E-state index in [-0.39, 0.29) is 12.1 Å². The van der Waals surface area contributed by atoms with Gasteiger partial charge in [0.25, 0.3) is 0 Å². The van der Waals surface area contributed by atoms with Gasteiger partial charge in [0.15, 0.2) is 0 Å². The number of ether oxygens (including phenoxy) is 1. The Hall–Kier alpha value is -3.29. The summed E-state index contributed by atoms with van der Waals surface area (Å²) in [6, 6.07) is 11.7. The van der Waals surface area contributed by atoms with E-state index < -0.39 is 17.6 Å². The second kappa shape index (κ2) is 7.53. The fourth-order valence-electron chi connectivity index (χ4n) is 2.64. The summed E-state index contributed by atoms with van der Waals surface area (Å²) in [4.78, 5) is 12.5. The summed E-state index contributed by atoms with van der Waals surface area (Å²) in [5.74, 6) is 0.0659. The third-order valence-corrected chi connectivity index (χ3v) is 3.89. The lowest BCUT2D eigenvalue weighted by atomic mass is 10.1. The quantitative estimate of drug-likeness (QED) is 0.731. The second-order valence-electron chi connectivity index (χ2n) is 5.72. The minimum Gasteiger partial charge on any atom is -0.496 e. The van der Waals surface area contributed by atoms with Gasteiger partial charge in [-0.25, -0.2) is 4.68 Å². The molecule has 0 aliphatic carbocycles. The predicted molar refractivity (Wildman–Crippen MR) is 93.9 cm³/mol. The van der Waals surface area contributed by atoms with Gasteiger partial charge < -0.3 is 10.1 Å². The summed E-state index contributed by atoms with van der Waals surface area (Å²) in [7, 11) is 1.49. The lowest BCUT2D eigenvalue weighted by Crippen LogP contribution is -2.17. The normalized spacial score (nSPS) is 11.3. The molecule has 0 radical (unpaired) electrons. The number of para-hydroxylation sites is 1. The van der Waals surface area contributed by atoms with Crippen LogP contribution in [0.15, 0.2) is 60.9 Å². The van der Waals surface area contributed by atoms with Gasteiger partial charge in [-0.1, -0.05) is 18.2 Å². The smallest absolute Gasteiger partial charge is 0.416 e. The van der Waals surface area contributed by atoms with Crippen LogP contribution in [0.3, 0.4) is 0 Å². The summed E-state index contributed by atoms with van der Waals surface area (Å²) in [6.45, 7) is 0. The van der Waals surface area contributed by atoms with Crippen molar-refractivity contribution >= 4 is 11.6 Å². The Morgan fingerprint density at radius 3 is 2.63 bits per heavy atom. The molecule has 140 valence electrons. The van der Waals surface area contributed by atoms with E-state index in [1.54, 1.807) is 36.5 Å². The number of amides is 1. The van der Waals surface area contributed by atoms with Crippen LogP contribution >= 0.6 is 0 Å².